The van der Waals surface area contributed by atoms with Crippen LogP contribution in [0, 0.1) is 12.3 Å². The standard InChI is InChI=1S/C26H26N4O3/c1-2-17-3-5-18(6-4-17)16-29-13-11-19(12-14-29)20-7-8-21-22(15-20)28-30(26(21)33)23-9-10-24(31)27-25(23)32/h1,3-8,15,19,23,28H,9-14,16H2,(H,27,31,32). The molecule has 2 N–H and O–H groups in total. The summed E-state index contributed by atoms with van der Waals surface area (Å²) in [6.07, 6.45) is 8.09. The molecule has 0 aliphatic carbocycles. The number of benzene rings is 2. The van der Waals surface area contributed by atoms with Gasteiger partial charge in [0, 0.05) is 18.5 Å². The van der Waals surface area contributed by atoms with Gasteiger partial charge < -0.3 is 0 Å². The molecule has 2 amide bonds. The minimum Gasteiger partial charge on any atom is -0.299 e. The zero-order valence-corrected chi connectivity index (χ0v) is 18.3. The number of rotatable bonds is 4. The van der Waals surface area contributed by atoms with Gasteiger partial charge in [0.15, 0.2) is 0 Å². The second kappa shape index (κ2) is 8.72. The minimum atomic E-state index is -0.677. The second-order valence-electron chi connectivity index (χ2n) is 8.95. The van der Waals surface area contributed by atoms with Gasteiger partial charge in [-0.15, -0.1) is 6.42 Å². The van der Waals surface area contributed by atoms with Crippen LogP contribution in [0.2, 0.25) is 0 Å². The minimum absolute atomic E-state index is 0.225. The van der Waals surface area contributed by atoms with Gasteiger partial charge in [-0.05, 0) is 73.7 Å². The maximum absolute atomic E-state index is 12.8. The van der Waals surface area contributed by atoms with E-state index in [1.165, 1.54) is 15.8 Å². The summed E-state index contributed by atoms with van der Waals surface area (Å²) in [6.45, 7) is 2.93. The molecule has 2 aromatic carbocycles. The van der Waals surface area contributed by atoms with Crippen molar-refractivity contribution in [1.82, 2.24) is 20.0 Å². The first-order valence-corrected chi connectivity index (χ1v) is 11.4. The summed E-state index contributed by atoms with van der Waals surface area (Å²) < 4.78 is 1.37. The van der Waals surface area contributed by atoms with Gasteiger partial charge in [0.1, 0.15) is 6.04 Å². The van der Waals surface area contributed by atoms with E-state index in [1.54, 1.807) is 0 Å². The molecule has 0 spiro atoms. The number of piperidine rings is 2. The number of aromatic nitrogens is 2. The van der Waals surface area contributed by atoms with Crippen molar-refractivity contribution in [2.24, 2.45) is 0 Å². The molecular weight excluding hydrogens is 416 g/mol. The Labute approximate surface area is 191 Å². The third-order valence-corrected chi connectivity index (χ3v) is 6.84. The Kier molecular flexibility index (Phi) is 5.61. The molecular formula is C26H26N4O3. The molecule has 2 fully saturated rings. The van der Waals surface area contributed by atoms with Crippen LogP contribution in [0.3, 0.4) is 0 Å². The monoisotopic (exact) mass is 442 g/mol. The molecule has 3 heterocycles. The highest BCUT2D eigenvalue weighted by molar-refractivity contribution is 5.99. The lowest BCUT2D eigenvalue weighted by atomic mass is 9.89. The SMILES string of the molecule is C#Cc1ccc(CN2CCC(c3ccc4c(=O)n(C5CCC(=O)NC5=O)[nH]c4c3)CC2)cc1. The molecule has 5 rings (SSSR count). The maximum Gasteiger partial charge on any atom is 0.275 e. The number of amides is 2. The fourth-order valence-electron chi connectivity index (χ4n) is 4.94. The summed E-state index contributed by atoms with van der Waals surface area (Å²) in [4.78, 5) is 39.0. The molecule has 7 nitrogen and oxygen atoms in total. The summed E-state index contributed by atoms with van der Waals surface area (Å²) in [5, 5.41) is 6.00. The highest BCUT2D eigenvalue weighted by Crippen LogP contribution is 2.30. The summed E-state index contributed by atoms with van der Waals surface area (Å²) in [5.74, 6) is 2.36. The van der Waals surface area contributed by atoms with Gasteiger partial charge in [0.25, 0.3) is 11.5 Å². The predicted molar refractivity (Wildman–Crippen MR) is 126 cm³/mol. The molecule has 168 valence electrons. The number of hydrogen-bond donors (Lipinski definition) is 2. The highest BCUT2D eigenvalue weighted by Gasteiger charge is 2.30. The molecule has 0 bridgehead atoms. The van der Waals surface area contributed by atoms with Crippen LogP contribution in [0.4, 0.5) is 0 Å². The third-order valence-electron chi connectivity index (χ3n) is 6.84. The number of carbonyl (C=O) groups excluding carboxylic acids is 2. The predicted octanol–water partition coefficient (Wildman–Crippen LogP) is 2.67. The van der Waals surface area contributed by atoms with Crippen molar-refractivity contribution in [3.8, 4) is 12.3 Å². The van der Waals surface area contributed by atoms with Crippen molar-refractivity contribution in [2.75, 3.05) is 13.1 Å². The van der Waals surface area contributed by atoms with Gasteiger partial charge >= 0.3 is 0 Å². The Morgan fingerprint density at radius 1 is 1.00 bits per heavy atom. The van der Waals surface area contributed by atoms with Crippen LogP contribution >= 0.6 is 0 Å². The van der Waals surface area contributed by atoms with E-state index in [0.717, 1.165) is 43.6 Å². The Morgan fingerprint density at radius 3 is 2.45 bits per heavy atom. The van der Waals surface area contributed by atoms with Gasteiger partial charge in [-0.25, -0.2) is 4.68 Å². The number of nitrogens with one attached hydrogen (secondary N) is 2. The molecule has 2 aliphatic heterocycles. The van der Waals surface area contributed by atoms with Crippen molar-refractivity contribution in [3.05, 3.63) is 69.5 Å². The normalized spacial score (nSPS) is 20.0. The first-order chi connectivity index (χ1) is 16.0. The Balaban J connectivity index is 1.28. The molecule has 1 unspecified atom stereocenters. The first kappa shape index (κ1) is 21.2. The van der Waals surface area contributed by atoms with Crippen molar-refractivity contribution in [2.45, 2.75) is 44.2 Å². The second-order valence-corrected chi connectivity index (χ2v) is 8.95. The van der Waals surface area contributed by atoms with E-state index in [4.69, 9.17) is 6.42 Å². The third kappa shape index (κ3) is 4.22. The number of fused-ring (bicyclic) bond motifs is 1. The topological polar surface area (TPSA) is 87.2 Å². The molecule has 1 atom stereocenters. The van der Waals surface area contributed by atoms with Crippen LogP contribution in [0.1, 0.15) is 54.3 Å². The lowest BCUT2D eigenvalue weighted by molar-refractivity contribution is -0.136. The lowest BCUT2D eigenvalue weighted by Crippen LogP contribution is -2.44. The molecule has 7 heteroatoms. The van der Waals surface area contributed by atoms with E-state index >= 15 is 0 Å². The number of H-pyrrole nitrogens is 1. The number of carbonyl (C=O) groups is 2. The molecule has 2 saturated heterocycles. The zero-order chi connectivity index (χ0) is 22.9. The van der Waals surface area contributed by atoms with Gasteiger partial charge in [-0.3, -0.25) is 29.7 Å². The molecule has 2 aliphatic rings. The van der Waals surface area contributed by atoms with E-state index in [9.17, 15) is 14.4 Å². The van der Waals surface area contributed by atoms with E-state index in [1.807, 2.05) is 30.3 Å². The Hall–Kier alpha value is -3.63. The average molecular weight is 443 g/mol. The van der Waals surface area contributed by atoms with Crippen LogP contribution in [-0.4, -0.2) is 39.6 Å². The summed E-state index contributed by atoms with van der Waals surface area (Å²) in [7, 11) is 0. The quantitative estimate of drug-likeness (QED) is 0.480. The summed E-state index contributed by atoms with van der Waals surface area (Å²) in [5.41, 5.74) is 3.88. The number of terminal acetylenes is 1. The van der Waals surface area contributed by atoms with E-state index in [-0.39, 0.29) is 17.9 Å². The lowest BCUT2D eigenvalue weighted by Gasteiger charge is -2.32. The fraction of sp³-hybridized carbons (Fsp3) is 0.346. The van der Waals surface area contributed by atoms with Crippen LogP contribution in [-0.2, 0) is 16.1 Å². The van der Waals surface area contributed by atoms with Crippen molar-refractivity contribution in [1.29, 1.82) is 0 Å². The van der Waals surface area contributed by atoms with Gasteiger partial charge in [0.2, 0.25) is 5.91 Å². The number of likely N-dealkylation sites (tertiary alicyclic amines) is 1. The molecule has 0 saturated carbocycles. The summed E-state index contributed by atoms with van der Waals surface area (Å²) >= 11 is 0. The van der Waals surface area contributed by atoms with Gasteiger partial charge in [0.05, 0.1) is 10.9 Å². The van der Waals surface area contributed by atoms with E-state index in [0.29, 0.717) is 17.7 Å². The smallest absolute Gasteiger partial charge is 0.275 e. The zero-order valence-electron chi connectivity index (χ0n) is 18.3. The van der Waals surface area contributed by atoms with Crippen LogP contribution < -0.4 is 10.9 Å². The molecule has 0 radical (unpaired) electrons. The molecule has 33 heavy (non-hydrogen) atoms. The summed E-state index contributed by atoms with van der Waals surface area (Å²) in [6, 6.07) is 13.4. The molecule has 1 aromatic heterocycles. The van der Waals surface area contributed by atoms with E-state index in [2.05, 4.69) is 33.4 Å². The highest BCUT2D eigenvalue weighted by atomic mass is 16.2. The van der Waals surface area contributed by atoms with E-state index < -0.39 is 11.9 Å². The van der Waals surface area contributed by atoms with Crippen LogP contribution in [0.5, 0.6) is 0 Å². The average Bonchev–Trinajstić information content (AvgIpc) is 3.15. The number of aromatic amines is 1. The van der Waals surface area contributed by atoms with Crippen molar-refractivity contribution in [3.63, 3.8) is 0 Å². The number of hydrogen-bond acceptors (Lipinski definition) is 4. The van der Waals surface area contributed by atoms with Crippen molar-refractivity contribution >= 4 is 22.7 Å². The number of nitrogens with zero attached hydrogens (tertiary/aromatic N) is 2. The van der Waals surface area contributed by atoms with Crippen LogP contribution in [0.15, 0.2) is 47.3 Å². The van der Waals surface area contributed by atoms with Crippen molar-refractivity contribution < 1.29 is 9.59 Å². The fourth-order valence-corrected chi connectivity index (χ4v) is 4.94. The maximum atomic E-state index is 12.8. The Morgan fingerprint density at radius 2 is 1.76 bits per heavy atom. The van der Waals surface area contributed by atoms with Gasteiger partial charge in [-0.2, -0.15) is 0 Å². The molecule has 3 aromatic rings. The van der Waals surface area contributed by atoms with Crippen LogP contribution in [0.25, 0.3) is 10.9 Å². The Bertz CT molecular complexity index is 1300. The largest absolute Gasteiger partial charge is 0.299 e. The first-order valence-electron chi connectivity index (χ1n) is 11.4. The number of imide groups is 1. The van der Waals surface area contributed by atoms with Gasteiger partial charge in [-0.1, -0.05) is 24.1 Å².